The van der Waals surface area contributed by atoms with Gasteiger partial charge < -0.3 is 0 Å². The highest BCUT2D eigenvalue weighted by atomic mass is 16.2. The van der Waals surface area contributed by atoms with E-state index in [0.29, 0.717) is 12.1 Å². The summed E-state index contributed by atoms with van der Waals surface area (Å²) in [5.74, 6) is 0.0178. The molecule has 104 valence electrons. The third-order valence-electron chi connectivity index (χ3n) is 2.91. The van der Waals surface area contributed by atoms with Gasteiger partial charge in [-0.2, -0.15) is 9.78 Å². The topological polar surface area (TPSA) is 69.2 Å². The van der Waals surface area contributed by atoms with Gasteiger partial charge in [-0.3, -0.25) is 14.3 Å². The zero-order valence-corrected chi connectivity index (χ0v) is 11.5. The normalized spacial score (nSPS) is 11.1. The number of ketones is 1. The maximum Gasteiger partial charge on any atom is 0.349 e. The quantitative estimate of drug-likeness (QED) is 0.768. The maximum atomic E-state index is 12.1. The maximum absolute atomic E-state index is 12.1. The van der Waals surface area contributed by atoms with E-state index in [2.05, 4.69) is 10.1 Å². The number of carbonyl (C=O) groups is 1. The van der Waals surface area contributed by atoms with Gasteiger partial charge in [-0.1, -0.05) is 13.0 Å². The minimum atomic E-state index is -0.315. The van der Waals surface area contributed by atoms with Crippen molar-refractivity contribution >= 4 is 12.0 Å². The Morgan fingerprint density at radius 2 is 2.30 bits per heavy atom. The minimum Gasteiger partial charge on any atom is -0.298 e. The molecule has 2 heterocycles. The van der Waals surface area contributed by atoms with Crippen molar-refractivity contribution in [2.24, 2.45) is 5.10 Å². The van der Waals surface area contributed by atoms with Gasteiger partial charge in [0.05, 0.1) is 19.0 Å². The Balaban J connectivity index is 2.26. The molecule has 0 unspecified atom stereocenters. The zero-order valence-electron chi connectivity index (χ0n) is 11.5. The van der Waals surface area contributed by atoms with Crippen LogP contribution in [0.25, 0.3) is 0 Å². The van der Waals surface area contributed by atoms with Crippen molar-refractivity contribution in [3.05, 3.63) is 52.5 Å². The summed E-state index contributed by atoms with van der Waals surface area (Å²) >= 11 is 0. The Kier molecular flexibility index (Phi) is 4.24. The van der Waals surface area contributed by atoms with Crippen molar-refractivity contribution in [2.75, 3.05) is 0 Å². The van der Waals surface area contributed by atoms with Crippen LogP contribution in [-0.4, -0.2) is 26.2 Å². The smallest absolute Gasteiger partial charge is 0.298 e. The molecule has 0 aliphatic rings. The SMILES string of the molecule is CCC(=O)Cn1c(C)cn(N=Cc2cccnc2)c1=O. The fraction of sp³-hybridized carbons (Fsp3) is 0.286. The molecule has 0 spiro atoms. The predicted molar refractivity (Wildman–Crippen MR) is 76.0 cm³/mol. The summed E-state index contributed by atoms with van der Waals surface area (Å²) in [7, 11) is 0. The van der Waals surface area contributed by atoms with E-state index in [-0.39, 0.29) is 18.0 Å². The molecule has 2 rings (SSSR count). The summed E-state index contributed by atoms with van der Waals surface area (Å²) in [5.41, 5.74) is 1.19. The van der Waals surface area contributed by atoms with E-state index in [9.17, 15) is 9.59 Å². The molecule has 0 aliphatic heterocycles. The molecular formula is C14H16N4O2. The first-order valence-corrected chi connectivity index (χ1v) is 6.36. The molecule has 20 heavy (non-hydrogen) atoms. The van der Waals surface area contributed by atoms with Gasteiger partial charge in [-0.25, -0.2) is 4.79 Å². The van der Waals surface area contributed by atoms with Crippen LogP contribution in [0.3, 0.4) is 0 Å². The minimum absolute atomic E-state index is 0.0178. The Morgan fingerprint density at radius 3 is 2.95 bits per heavy atom. The lowest BCUT2D eigenvalue weighted by atomic mass is 10.3. The van der Waals surface area contributed by atoms with Crippen LogP contribution in [0.2, 0.25) is 0 Å². The third kappa shape index (κ3) is 3.09. The van der Waals surface area contributed by atoms with Crippen molar-refractivity contribution in [2.45, 2.75) is 26.8 Å². The molecule has 2 aromatic rings. The van der Waals surface area contributed by atoms with Crippen LogP contribution in [0.15, 0.2) is 40.6 Å². The van der Waals surface area contributed by atoms with Gasteiger partial charge in [0.15, 0.2) is 5.78 Å². The number of carbonyl (C=O) groups excluding carboxylic acids is 1. The number of aromatic nitrogens is 3. The van der Waals surface area contributed by atoms with Gasteiger partial charge in [0, 0.05) is 30.1 Å². The molecule has 2 aromatic heterocycles. The summed E-state index contributed by atoms with van der Waals surface area (Å²) in [6.45, 7) is 3.65. The lowest BCUT2D eigenvalue weighted by Crippen LogP contribution is -2.26. The lowest BCUT2D eigenvalue weighted by Gasteiger charge is -2.00. The first kappa shape index (κ1) is 13.9. The summed E-state index contributed by atoms with van der Waals surface area (Å²) < 4.78 is 2.65. The van der Waals surface area contributed by atoms with Gasteiger partial charge in [-0.05, 0) is 13.0 Å². The molecule has 0 aromatic carbocycles. The van der Waals surface area contributed by atoms with E-state index in [1.54, 1.807) is 44.7 Å². The highest BCUT2D eigenvalue weighted by Crippen LogP contribution is 1.98. The standard InChI is InChI=1S/C14H16N4O2/c1-3-13(19)10-17-11(2)9-18(14(17)20)16-8-12-5-4-6-15-7-12/h4-9H,3,10H2,1-2H3. The van der Waals surface area contributed by atoms with Crippen LogP contribution in [0.1, 0.15) is 24.6 Å². The Morgan fingerprint density at radius 1 is 1.50 bits per heavy atom. The average molecular weight is 272 g/mol. The molecule has 0 amide bonds. The van der Waals surface area contributed by atoms with Gasteiger partial charge in [0.1, 0.15) is 0 Å². The van der Waals surface area contributed by atoms with Crippen LogP contribution in [0, 0.1) is 6.92 Å². The second-order valence-corrected chi connectivity index (χ2v) is 4.41. The number of pyridine rings is 1. The number of rotatable bonds is 5. The Bertz CT molecular complexity index is 683. The molecule has 0 fully saturated rings. The van der Waals surface area contributed by atoms with Crippen LogP contribution in [0.4, 0.5) is 0 Å². The fourth-order valence-electron chi connectivity index (χ4n) is 1.72. The molecule has 0 bridgehead atoms. The van der Waals surface area contributed by atoms with Crippen molar-refractivity contribution in [1.82, 2.24) is 14.2 Å². The number of Topliss-reactive ketones (excluding diaryl/α,β-unsaturated/α-hetero) is 1. The average Bonchev–Trinajstić information content (AvgIpc) is 2.73. The molecule has 0 aliphatic carbocycles. The summed E-state index contributed by atoms with van der Waals surface area (Å²) in [5, 5.41) is 4.10. The summed E-state index contributed by atoms with van der Waals surface area (Å²) in [4.78, 5) is 27.5. The Labute approximate surface area is 116 Å². The third-order valence-corrected chi connectivity index (χ3v) is 2.91. The number of aryl methyl sites for hydroxylation is 1. The van der Waals surface area contributed by atoms with E-state index >= 15 is 0 Å². The number of nitrogens with zero attached hydrogens (tertiary/aromatic N) is 4. The zero-order chi connectivity index (χ0) is 14.5. The first-order valence-electron chi connectivity index (χ1n) is 6.36. The molecule has 0 atom stereocenters. The number of hydrogen-bond acceptors (Lipinski definition) is 4. The van der Waals surface area contributed by atoms with Crippen molar-refractivity contribution in [3.63, 3.8) is 0 Å². The van der Waals surface area contributed by atoms with Crippen molar-refractivity contribution in [1.29, 1.82) is 0 Å². The highest BCUT2D eigenvalue weighted by molar-refractivity contribution is 5.79. The van der Waals surface area contributed by atoms with Crippen molar-refractivity contribution < 1.29 is 4.79 Å². The van der Waals surface area contributed by atoms with E-state index in [1.165, 1.54) is 9.24 Å². The van der Waals surface area contributed by atoms with E-state index in [4.69, 9.17) is 0 Å². The second kappa shape index (κ2) is 6.10. The lowest BCUT2D eigenvalue weighted by molar-refractivity contribution is -0.119. The largest absolute Gasteiger partial charge is 0.349 e. The number of hydrogen-bond donors (Lipinski definition) is 0. The van der Waals surface area contributed by atoms with E-state index < -0.39 is 0 Å². The number of imidazole rings is 1. The Hall–Kier alpha value is -2.50. The first-order chi connectivity index (χ1) is 9.61. The highest BCUT2D eigenvalue weighted by Gasteiger charge is 2.09. The van der Waals surface area contributed by atoms with Gasteiger partial charge >= 0.3 is 5.69 Å². The monoisotopic (exact) mass is 272 g/mol. The van der Waals surface area contributed by atoms with Gasteiger partial charge in [0.25, 0.3) is 0 Å². The van der Waals surface area contributed by atoms with Crippen LogP contribution in [0.5, 0.6) is 0 Å². The summed E-state index contributed by atoms with van der Waals surface area (Å²) in [6, 6.07) is 3.63. The van der Waals surface area contributed by atoms with Gasteiger partial charge in [-0.15, -0.1) is 0 Å². The molecular weight excluding hydrogens is 256 g/mol. The van der Waals surface area contributed by atoms with Crippen LogP contribution in [-0.2, 0) is 11.3 Å². The molecule has 0 radical (unpaired) electrons. The van der Waals surface area contributed by atoms with E-state index in [0.717, 1.165) is 5.56 Å². The van der Waals surface area contributed by atoms with Crippen LogP contribution >= 0.6 is 0 Å². The van der Waals surface area contributed by atoms with E-state index in [1.807, 2.05) is 6.07 Å². The molecule has 6 nitrogen and oxygen atoms in total. The van der Waals surface area contributed by atoms with Crippen LogP contribution < -0.4 is 5.69 Å². The summed E-state index contributed by atoms with van der Waals surface area (Å²) in [6.07, 6.45) is 6.90. The predicted octanol–water partition coefficient (Wildman–Crippen LogP) is 1.21. The molecule has 0 N–H and O–H groups in total. The van der Waals surface area contributed by atoms with Gasteiger partial charge in [0.2, 0.25) is 0 Å². The fourth-order valence-corrected chi connectivity index (χ4v) is 1.72. The molecule has 0 saturated carbocycles. The molecule has 0 saturated heterocycles. The van der Waals surface area contributed by atoms with Crippen molar-refractivity contribution in [3.8, 4) is 0 Å². The second-order valence-electron chi connectivity index (χ2n) is 4.41. The molecule has 6 heteroatoms.